The second-order valence-corrected chi connectivity index (χ2v) is 2.76. The molecule has 3 nitrogen and oxygen atoms in total. The number of nitrogens with zero attached hydrogens (tertiary/aromatic N) is 1. The highest BCUT2D eigenvalue weighted by atomic mass is 16.6. The number of benzene rings is 1. The first-order valence-electron chi connectivity index (χ1n) is 4.03. The number of allylic oxidation sites excluding steroid dienone is 1. The van der Waals surface area contributed by atoms with E-state index in [9.17, 15) is 10.1 Å². The van der Waals surface area contributed by atoms with E-state index in [4.69, 9.17) is 0 Å². The molecule has 0 N–H and O–H groups in total. The van der Waals surface area contributed by atoms with Crippen LogP contribution in [0.3, 0.4) is 0 Å². The second kappa shape index (κ2) is 3.85. The van der Waals surface area contributed by atoms with Crippen LogP contribution in [-0.4, -0.2) is 4.92 Å². The van der Waals surface area contributed by atoms with Gasteiger partial charge in [-0.2, -0.15) is 0 Å². The molecular weight excluding hydrogens is 166 g/mol. The van der Waals surface area contributed by atoms with Crippen LogP contribution < -0.4 is 0 Å². The molecule has 0 fully saturated rings. The zero-order valence-electron chi connectivity index (χ0n) is 7.65. The molecule has 1 aromatic carbocycles. The van der Waals surface area contributed by atoms with E-state index in [0.717, 1.165) is 5.56 Å². The van der Waals surface area contributed by atoms with Crippen molar-refractivity contribution in [1.29, 1.82) is 0 Å². The van der Waals surface area contributed by atoms with Gasteiger partial charge in [-0.05, 0) is 19.4 Å². The number of aryl methyl sites for hydroxylation is 1. The summed E-state index contributed by atoms with van der Waals surface area (Å²) < 4.78 is 0. The largest absolute Gasteiger partial charge is 0.276 e. The van der Waals surface area contributed by atoms with E-state index in [1.54, 1.807) is 18.2 Å². The van der Waals surface area contributed by atoms with Crippen LogP contribution in [-0.2, 0) is 0 Å². The molecule has 13 heavy (non-hydrogen) atoms. The Hall–Kier alpha value is -1.64. The summed E-state index contributed by atoms with van der Waals surface area (Å²) in [6.45, 7) is 3.71. The molecular formula is C10H11NO2. The highest BCUT2D eigenvalue weighted by molar-refractivity contribution is 5.63. The molecule has 0 spiro atoms. The van der Waals surface area contributed by atoms with Crippen molar-refractivity contribution in [3.05, 3.63) is 45.5 Å². The maximum absolute atomic E-state index is 10.6. The van der Waals surface area contributed by atoms with E-state index in [1.165, 1.54) is 6.07 Å². The first-order valence-corrected chi connectivity index (χ1v) is 4.03. The molecule has 68 valence electrons. The molecule has 3 heteroatoms. The Balaban J connectivity index is 3.33. The van der Waals surface area contributed by atoms with Crippen molar-refractivity contribution in [3.8, 4) is 0 Å². The average Bonchev–Trinajstić information content (AvgIpc) is 2.08. The van der Waals surface area contributed by atoms with Crippen molar-refractivity contribution in [1.82, 2.24) is 0 Å². The standard InChI is InChI=1S/C10H11NO2/c1-3-5-9-8(2)6-4-7-10(9)11(12)13/h3-7H,1-2H3/b5-3-. The molecule has 0 aliphatic heterocycles. The normalized spacial score (nSPS) is 10.6. The summed E-state index contributed by atoms with van der Waals surface area (Å²) in [7, 11) is 0. The van der Waals surface area contributed by atoms with Gasteiger partial charge >= 0.3 is 0 Å². The van der Waals surface area contributed by atoms with E-state index in [-0.39, 0.29) is 10.6 Å². The van der Waals surface area contributed by atoms with Gasteiger partial charge in [0.15, 0.2) is 0 Å². The quantitative estimate of drug-likeness (QED) is 0.515. The van der Waals surface area contributed by atoms with E-state index in [2.05, 4.69) is 0 Å². The fourth-order valence-corrected chi connectivity index (χ4v) is 1.21. The van der Waals surface area contributed by atoms with E-state index in [0.29, 0.717) is 5.56 Å². The van der Waals surface area contributed by atoms with Crippen molar-refractivity contribution in [2.45, 2.75) is 13.8 Å². The van der Waals surface area contributed by atoms with Crippen molar-refractivity contribution < 1.29 is 4.92 Å². The number of hydrogen-bond acceptors (Lipinski definition) is 2. The molecule has 0 unspecified atom stereocenters. The highest BCUT2D eigenvalue weighted by Gasteiger charge is 2.11. The summed E-state index contributed by atoms with van der Waals surface area (Å²) in [5.41, 5.74) is 1.78. The predicted molar refractivity (Wildman–Crippen MR) is 52.5 cm³/mol. The zero-order valence-corrected chi connectivity index (χ0v) is 7.65. The molecule has 0 aromatic heterocycles. The molecule has 1 rings (SSSR count). The van der Waals surface area contributed by atoms with Crippen LogP contribution in [0.5, 0.6) is 0 Å². The number of nitro groups is 1. The van der Waals surface area contributed by atoms with Gasteiger partial charge in [0.1, 0.15) is 0 Å². The van der Waals surface area contributed by atoms with Gasteiger partial charge in [-0.3, -0.25) is 10.1 Å². The molecule has 0 amide bonds. The van der Waals surface area contributed by atoms with Gasteiger partial charge in [0.05, 0.1) is 10.5 Å². The Labute approximate surface area is 76.9 Å². The topological polar surface area (TPSA) is 43.1 Å². The number of hydrogen-bond donors (Lipinski definition) is 0. The van der Waals surface area contributed by atoms with Gasteiger partial charge in [-0.25, -0.2) is 0 Å². The molecule has 0 radical (unpaired) electrons. The molecule has 0 heterocycles. The second-order valence-electron chi connectivity index (χ2n) is 2.76. The molecule has 0 atom stereocenters. The van der Waals surface area contributed by atoms with Gasteiger partial charge < -0.3 is 0 Å². The van der Waals surface area contributed by atoms with E-state index in [1.807, 2.05) is 19.9 Å². The predicted octanol–water partition coefficient (Wildman–Crippen LogP) is 2.94. The minimum absolute atomic E-state index is 0.165. The summed E-state index contributed by atoms with van der Waals surface area (Å²) >= 11 is 0. The fraction of sp³-hybridized carbons (Fsp3) is 0.200. The zero-order chi connectivity index (χ0) is 9.84. The summed E-state index contributed by atoms with van der Waals surface area (Å²) in [5.74, 6) is 0. The van der Waals surface area contributed by atoms with Crippen LogP contribution in [0.25, 0.3) is 6.08 Å². The average molecular weight is 177 g/mol. The minimum Gasteiger partial charge on any atom is -0.258 e. The number of nitro benzene ring substituents is 1. The third kappa shape index (κ3) is 1.93. The summed E-state index contributed by atoms with van der Waals surface area (Å²) in [5, 5.41) is 10.6. The lowest BCUT2D eigenvalue weighted by molar-refractivity contribution is -0.385. The highest BCUT2D eigenvalue weighted by Crippen LogP contribution is 2.22. The van der Waals surface area contributed by atoms with Gasteiger partial charge in [0.2, 0.25) is 0 Å². The lowest BCUT2D eigenvalue weighted by atomic mass is 10.1. The third-order valence-corrected chi connectivity index (χ3v) is 1.83. The molecule has 0 saturated heterocycles. The van der Waals surface area contributed by atoms with Crippen LogP contribution in [0.4, 0.5) is 5.69 Å². The van der Waals surface area contributed by atoms with Crippen LogP contribution in [0.2, 0.25) is 0 Å². The Morgan fingerprint density at radius 1 is 1.46 bits per heavy atom. The molecule has 0 aliphatic carbocycles. The van der Waals surface area contributed by atoms with Crippen molar-refractivity contribution in [3.63, 3.8) is 0 Å². The van der Waals surface area contributed by atoms with Gasteiger partial charge in [-0.15, -0.1) is 0 Å². The fourth-order valence-electron chi connectivity index (χ4n) is 1.21. The van der Waals surface area contributed by atoms with Crippen molar-refractivity contribution >= 4 is 11.8 Å². The molecule has 1 aromatic rings. The number of rotatable bonds is 2. The van der Waals surface area contributed by atoms with E-state index >= 15 is 0 Å². The van der Waals surface area contributed by atoms with Crippen molar-refractivity contribution in [2.75, 3.05) is 0 Å². The Morgan fingerprint density at radius 3 is 2.69 bits per heavy atom. The summed E-state index contributed by atoms with van der Waals surface area (Å²) in [6, 6.07) is 5.07. The van der Waals surface area contributed by atoms with Crippen LogP contribution in [0.1, 0.15) is 18.1 Å². The lowest BCUT2D eigenvalue weighted by Crippen LogP contribution is -1.93. The summed E-state index contributed by atoms with van der Waals surface area (Å²) in [6.07, 6.45) is 3.56. The SMILES string of the molecule is C/C=C\c1c(C)cccc1[N+](=O)[O-]. The summed E-state index contributed by atoms with van der Waals surface area (Å²) in [4.78, 5) is 10.3. The van der Waals surface area contributed by atoms with Crippen LogP contribution in [0.15, 0.2) is 24.3 Å². The van der Waals surface area contributed by atoms with Crippen LogP contribution in [0, 0.1) is 17.0 Å². The van der Waals surface area contributed by atoms with Gasteiger partial charge in [0.25, 0.3) is 5.69 Å². The minimum atomic E-state index is -0.359. The maximum Gasteiger partial charge on any atom is 0.276 e. The lowest BCUT2D eigenvalue weighted by Gasteiger charge is -2.00. The monoisotopic (exact) mass is 177 g/mol. The Morgan fingerprint density at radius 2 is 2.15 bits per heavy atom. The van der Waals surface area contributed by atoms with Gasteiger partial charge in [0, 0.05) is 6.07 Å². The maximum atomic E-state index is 10.6. The van der Waals surface area contributed by atoms with Gasteiger partial charge in [-0.1, -0.05) is 24.3 Å². The van der Waals surface area contributed by atoms with Crippen LogP contribution >= 0.6 is 0 Å². The Kier molecular flexibility index (Phi) is 2.80. The molecule has 0 saturated carbocycles. The molecule has 0 bridgehead atoms. The third-order valence-electron chi connectivity index (χ3n) is 1.83. The smallest absolute Gasteiger partial charge is 0.258 e. The molecule has 0 aliphatic rings. The first-order chi connectivity index (χ1) is 6.16. The first kappa shape index (κ1) is 9.45. The van der Waals surface area contributed by atoms with E-state index < -0.39 is 0 Å². The van der Waals surface area contributed by atoms with Crippen molar-refractivity contribution in [2.24, 2.45) is 0 Å². The Bertz CT molecular complexity index is 356.